The van der Waals surface area contributed by atoms with Crippen molar-refractivity contribution in [2.45, 2.75) is 39.7 Å². The largest absolute Gasteiger partial charge is 0.393 e. The van der Waals surface area contributed by atoms with E-state index in [1.807, 2.05) is 26.0 Å². The lowest BCUT2D eigenvalue weighted by molar-refractivity contribution is 0.115. The normalized spacial score (nSPS) is 19.3. The summed E-state index contributed by atoms with van der Waals surface area (Å²) in [4.78, 5) is 25.9. The molecular weight excluding hydrogens is 304 g/mol. The Labute approximate surface area is 141 Å². The summed E-state index contributed by atoms with van der Waals surface area (Å²) >= 11 is 0. The van der Waals surface area contributed by atoms with E-state index >= 15 is 0 Å². The smallest absolute Gasteiger partial charge is 0.254 e. The number of aliphatic hydroxyl groups is 1. The predicted molar refractivity (Wildman–Crippen MR) is 94.2 cm³/mol. The van der Waals surface area contributed by atoms with Crippen LogP contribution in [-0.2, 0) is 0 Å². The molecule has 1 aliphatic heterocycles. The van der Waals surface area contributed by atoms with Crippen molar-refractivity contribution in [3.8, 4) is 11.4 Å². The number of piperidine rings is 1. The monoisotopic (exact) mass is 328 g/mol. The van der Waals surface area contributed by atoms with Crippen LogP contribution in [0.4, 0.5) is 5.82 Å². The minimum absolute atomic E-state index is 0.114. The molecule has 3 heterocycles. The van der Waals surface area contributed by atoms with Crippen LogP contribution < -0.4 is 10.5 Å². The van der Waals surface area contributed by atoms with Crippen molar-refractivity contribution in [2.24, 2.45) is 5.92 Å². The molecule has 1 aliphatic rings. The maximum Gasteiger partial charge on any atom is 0.254 e. The molecule has 1 fully saturated rings. The molecule has 1 saturated heterocycles. The van der Waals surface area contributed by atoms with Crippen LogP contribution in [-0.4, -0.2) is 39.3 Å². The van der Waals surface area contributed by atoms with Gasteiger partial charge < -0.3 is 15.0 Å². The Bertz CT molecular complexity index is 768. The van der Waals surface area contributed by atoms with E-state index in [0.717, 1.165) is 43.0 Å². The van der Waals surface area contributed by atoms with Crippen LogP contribution in [0.1, 0.15) is 31.0 Å². The highest BCUT2D eigenvalue weighted by Gasteiger charge is 2.24. The van der Waals surface area contributed by atoms with Gasteiger partial charge >= 0.3 is 0 Å². The summed E-state index contributed by atoms with van der Waals surface area (Å²) in [5.74, 6) is 1.73. The number of nitrogens with zero attached hydrogens (tertiary/aromatic N) is 3. The number of nitrogens with one attached hydrogen (secondary N) is 1. The Morgan fingerprint density at radius 2 is 2.17 bits per heavy atom. The number of anilines is 1. The lowest BCUT2D eigenvalue weighted by Gasteiger charge is -2.34. The van der Waals surface area contributed by atoms with Gasteiger partial charge in [-0.15, -0.1) is 0 Å². The minimum Gasteiger partial charge on any atom is -0.393 e. The van der Waals surface area contributed by atoms with E-state index in [9.17, 15) is 9.90 Å². The standard InChI is InChI=1S/C18H24N4O2/c1-11-12(2)20-17(21-18(11)24)14-6-7-16(19-9-14)22-8-4-5-15(10-22)13(3)23/h6-7,9,13,15,23H,4-5,8,10H2,1-3H3,(H,20,21,24). The summed E-state index contributed by atoms with van der Waals surface area (Å²) in [6.45, 7) is 7.23. The Balaban J connectivity index is 1.82. The molecular formula is C18H24N4O2. The highest BCUT2D eigenvalue weighted by molar-refractivity contribution is 5.56. The number of aromatic nitrogens is 3. The first kappa shape index (κ1) is 16.6. The van der Waals surface area contributed by atoms with Gasteiger partial charge in [0.1, 0.15) is 11.6 Å². The lowest BCUT2D eigenvalue weighted by atomic mass is 9.93. The molecule has 2 aromatic heterocycles. The highest BCUT2D eigenvalue weighted by atomic mass is 16.3. The van der Waals surface area contributed by atoms with Crippen molar-refractivity contribution >= 4 is 5.82 Å². The second kappa shape index (κ2) is 6.73. The number of hydrogen-bond donors (Lipinski definition) is 2. The molecule has 0 amide bonds. The molecule has 2 unspecified atom stereocenters. The van der Waals surface area contributed by atoms with Crippen LogP contribution in [0.25, 0.3) is 11.4 Å². The maximum atomic E-state index is 11.9. The fraction of sp³-hybridized carbons (Fsp3) is 0.500. The van der Waals surface area contributed by atoms with E-state index in [1.165, 1.54) is 0 Å². The van der Waals surface area contributed by atoms with Gasteiger partial charge in [0.15, 0.2) is 0 Å². The van der Waals surface area contributed by atoms with Gasteiger partial charge in [0.25, 0.3) is 5.56 Å². The van der Waals surface area contributed by atoms with Gasteiger partial charge in [-0.2, -0.15) is 0 Å². The molecule has 0 spiro atoms. The van der Waals surface area contributed by atoms with E-state index in [-0.39, 0.29) is 17.6 Å². The number of aromatic amines is 1. The van der Waals surface area contributed by atoms with Crippen LogP contribution in [0, 0.1) is 19.8 Å². The van der Waals surface area contributed by atoms with Crippen molar-refractivity contribution in [3.63, 3.8) is 0 Å². The van der Waals surface area contributed by atoms with Gasteiger partial charge in [-0.1, -0.05) is 0 Å². The first-order valence-electron chi connectivity index (χ1n) is 8.42. The third-order valence-electron chi connectivity index (χ3n) is 4.88. The van der Waals surface area contributed by atoms with Gasteiger partial charge in [-0.05, 0) is 45.7 Å². The maximum absolute atomic E-state index is 11.9. The van der Waals surface area contributed by atoms with E-state index in [1.54, 1.807) is 13.1 Å². The van der Waals surface area contributed by atoms with Crippen LogP contribution in [0.2, 0.25) is 0 Å². The number of pyridine rings is 1. The van der Waals surface area contributed by atoms with Crippen molar-refractivity contribution in [3.05, 3.63) is 39.9 Å². The zero-order valence-electron chi connectivity index (χ0n) is 14.4. The number of aryl methyl sites for hydroxylation is 1. The molecule has 0 bridgehead atoms. The van der Waals surface area contributed by atoms with Crippen LogP contribution in [0.5, 0.6) is 0 Å². The third kappa shape index (κ3) is 3.33. The molecule has 0 radical (unpaired) electrons. The highest BCUT2D eigenvalue weighted by Crippen LogP contribution is 2.25. The first-order valence-corrected chi connectivity index (χ1v) is 8.42. The molecule has 6 nitrogen and oxygen atoms in total. The number of hydrogen-bond acceptors (Lipinski definition) is 5. The molecule has 24 heavy (non-hydrogen) atoms. The fourth-order valence-electron chi connectivity index (χ4n) is 3.11. The summed E-state index contributed by atoms with van der Waals surface area (Å²) in [6.07, 6.45) is 3.57. The van der Waals surface area contributed by atoms with Gasteiger partial charge in [-0.3, -0.25) is 4.79 Å². The zero-order chi connectivity index (χ0) is 17.3. The molecule has 0 saturated carbocycles. The molecule has 2 aromatic rings. The molecule has 0 aromatic carbocycles. The van der Waals surface area contributed by atoms with Crippen LogP contribution in [0.3, 0.4) is 0 Å². The second-order valence-electron chi connectivity index (χ2n) is 6.62. The Hall–Kier alpha value is -2.21. The lowest BCUT2D eigenvalue weighted by Crippen LogP contribution is -2.39. The quantitative estimate of drug-likeness (QED) is 0.901. The zero-order valence-corrected chi connectivity index (χ0v) is 14.4. The van der Waals surface area contributed by atoms with E-state index in [2.05, 4.69) is 19.9 Å². The van der Waals surface area contributed by atoms with Gasteiger partial charge in [0.05, 0.1) is 6.10 Å². The van der Waals surface area contributed by atoms with Crippen molar-refractivity contribution in [2.75, 3.05) is 18.0 Å². The summed E-state index contributed by atoms with van der Waals surface area (Å²) in [5.41, 5.74) is 2.05. The van der Waals surface area contributed by atoms with Crippen LogP contribution in [0.15, 0.2) is 23.1 Å². The molecule has 2 N–H and O–H groups in total. The number of aliphatic hydroxyl groups excluding tert-OH is 1. The summed E-state index contributed by atoms with van der Waals surface area (Å²) < 4.78 is 0. The number of H-pyrrole nitrogens is 1. The van der Waals surface area contributed by atoms with Crippen molar-refractivity contribution in [1.29, 1.82) is 0 Å². The average molecular weight is 328 g/mol. The average Bonchev–Trinajstić information content (AvgIpc) is 2.59. The van der Waals surface area contributed by atoms with E-state index in [4.69, 9.17) is 0 Å². The number of rotatable bonds is 3. The molecule has 2 atom stereocenters. The SMILES string of the molecule is Cc1nc(-c2ccc(N3CCCC(C(C)O)C3)nc2)[nH]c(=O)c1C. The van der Waals surface area contributed by atoms with Gasteiger partial charge in [0, 0.05) is 42.0 Å². The molecule has 3 rings (SSSR count). The summed E-state index contributed by atoms with van der Waals surface area (Å²) in [5, 5.41) is 9.82. The Kier molecular flexibility index (Phi) is 4.66. The van der Waals surface area contributed by atoms with Gasteiger partial charge in [0.2, 0.25) is 0 Å². The molecule has 128 valence electrons. The Morgan fingerprint density at radius 1 is 1.38 bits per heavy atom. The first-order chi connectivity index (χ1) is 11.5. The van der Waals surface area contributed by atoms with Crippen molar-refractivity contribution < 1.29 is 5.11 Å². The van der Waals surface area contributed by atoms with Crippen LogP contribution >= 0.6 is 0 Å². The predicted octanol–water partition coefficient (Wildman–Crippen LogP) is 2.05. The van der Waals surface area contributed by atoms with Crippen molar-refractivity contribution in [1.82, 2.24) is 15.0 Å². The van der Waals surface area contributed by atoms with E-state index < -0.39 is 0 Å². The summed E-state index contributed by atoms with van der Waals surface area (Å²) in [6, 6.07) is 3.89. The third-order valence-corrected chi connectivity index (χ3v) is 4.88. The summed E-state index contributed by atoms with van der Waals surface area (Å²) in [7, 11) is 0. The van der Waals surface area contributed by atoms with Gasteiger partial charge in [-0.25, -0.2) is 9.97 Å². The second-order valence-corrected chi connectivity index (χ2v) is 6.62. The van der Waals surface area contributed by atoms with E-state index in [0.29, 0.717) is 11.4 Å². The molecule has 6 heteroatoms. The Morgan fingerprint density at radius 3 is 2.79 bits per heavy atom. The minimum atomic E-state index is -0.295. The fourth-order valence-corrected chi connectivity index (χ4v) is 3.11. The molecule has 0 aliphatic carbocycles. The topological polar surface area (TPSA) is 82.1 Å².